The van der Waals surface area contributed by atoms with Crippen molar-refractivity contribution in [2.45, 2.75) is 18.0 Å². The lowest BCUT2D eigenvalue weighted by Crippen LogP contribution is -2.48. The summed E-state index contributed by atoms with van der Waals surface area (Å²) in [6.07, 6.45) is 3.82. The number of ether oxygens (including phenoxy) is 1. The van der Waals surface area contributed by atoms with Gasteiger partial charge in [0.2, 0.25) is 0 Å². The lowest BCUT2D eigenvalue weighted by Gasteiger charge is -2.37. The number of benzene rings is 4. The molecule has 4 aromatic rings. The third-order valence-corrected chi connectivity index (χ3v) is 8.59. The highest BCUT2D eigenvalue weighted by Crippen LogP contribution is 2.61. The van der Waals surface area contributed by atoms with Crippen LogP contribution in [0.4, 0.5) is 10.1 Å². The predicted octanol–water partition coefficient (Wildman–Crippen LogP) is 6.15. The fourth-order valence-electron chi connectivity index (χ4n) is 6.89. The van der Waals surface area contributed by atoms with Gasteiger partial charge in [0, 0.05) is 28.3 Å². The highest BCUT2D eigenvalue weighted by molar-refractivity contribution is 6.32. The van der Waals surface area contributed by atoms with Crippen molar-refractivity contribution in [1.82, 2.24) is 0 Å². The number of halogens is 1. The second kappa shape index (κ2) is 8.85. The molecule has 0 aromatic heterocycles. The first kappa shape index (κ1) is 24.2. The molecule has 0 amide bonds. The molecule has 1 fully saturated rings. The van der Waals surface area contributed by atoms with E-state index in [4.69, 9.17) is 4.74 Å². The van der Waals surface area contributed by atoms with E-state index in [1.165, 1.54) is 24.3 Å². The molecule has 4 aromatic carbocycles. The molecule has 2 aliphatic heterocycles. The molecule has 40 heavy (non-hydrogen) atoms. The van der Waals surface area contributed by atoms with Crippen molar-refractivity contribution in [2.75, 3.05) is 12.0 Å². The van der Waals surface area contributed by atoms with Crippen LogP contribution in [0.1, 0.15) is 48.1 Å². The monoisotopic (exact) mass is 529 g/mol. The number of carbonyl (C=O) groups excluding carboxylic acids is 3. The molecule has 5 nitrogen and oxygen atoms in total. The SMILES string of the molecule is COc1ccc([C@H]2[C@H](C(=O)c3ccc(F)cc3)N3c4ccccc4C=C[C@H]3C23C(=O)c2ccccc2C3=O)cc1. The first-order valence-corrected chi connectivity index (χ1v) is 13.1. The number of methoxy groups -OCH3 is 1. The maximum Gasteiger partial charge on any atom is 0.185 e. The number of ketones is 3. The van der Waals surface area contributed by atoms with E-state index in [0.717, 1.165) is 11.3 Å². The average molecular weight is 530 g/mol. The molecule has 6 heteroatoms. The molecule has 1 aliphatic carbocycles. The smallest absolute Gasteiger partial charge is 0.185 e. The molecule has 0 N–H and O–H groups in total. The summed E-state index contributed by atoms with van der Waals surface area (Å²) in [7, 11) is 1.57. The summed E-state index contributed by atoms with van der Waals surface area (Å²) in [6.45, 7) is 0. The first-order chi connectivity index (χ1) is 19.5. The Bertz CT molecular complexity index is 1690. The van der Waals surface area contributed by atoms with E-state index >= 15 is 0 Å². The van der Waals surface area contributed by atoms with Gasteiger partial charge >= 0.3 is 0 Å². The lowest BCUT2D eigenvalue weighted by atomic mass is 9.64. The Hall–Kier alpha value is -4.84. The number of rotatable bonds is 4. The standard InChI is InChI=1S/C34H24FNO4/c1-40-24-17-12-21(13-18-24)29-30(31(37)22-10-15-23(35)16-11-22)36-27-9-5-2-6-20(27)14-19-28(36)34(29)32(38)25-7-3-4-8-26(25)33(34)39/h2-19,28-30H,1H3/t28-,29-,30+/m0/s1. The molecule has 3 atom stereocenters. The number of fused-ring (bicyclic) bond motifs is 5. The Morgan fingerprint density at radius 3 is 2.10 bits per heavy atom. The summed E-state index contributed by atoms with van der Waals surface area (Å²) in [6, 6.07) is 25.6. The predicted molar refractivity (Wildman–Crippen MR) is 150 cm³/mol. The Labute approximate surface area is 230 Å². The zero-order valence-electron chi connectivity index (χ0n) is 21.6. The van der Waals surface area contributed by atoms with Crippen molar-refractivity contribution in [3.05, 3.63) is 137 Å². The van der Waals surface area contributed by atoms with Crippen molar-refractivity contribution in [3.8, 4) is 5.75 Å². The fraction of sp³-hybridized carbons (Fsp3) is 0.147. The third-order valence-electron chi connectivity index (χ3n) is 8.59. The highest BCUT2D eigenvalue weighted by atomic mass is 19.1. The van der Waals surface area contributed by atoms with Crippen LogP contribution in [0.3, 0.4) is 0 Å². The van der Waals surface area contributed by atoms with Gasteiger partial charge in [-0.1, -0.05) is 66.7 Å². The summed E-state index contributed by atoms with van der Waals surface area (Å²) in [4.78, 5) is 45.6. The molecule has 196 valence electrons. The van der Waals surface area contributed by atoms with Crippen LogP contribution in [-0.2, 0) is 0 Å². The molecule has 0 unspecified atom stereocenters. The van der Waals surface area contributed by atoms with E-state index in [-0.39, 0.29) is 17.3 Å². The normalized spacial score (nSPS) is 21.8. The van der Waals surface area contributed by atoms with Crippen LogP contribution < -0.4 is 9.64 Å². The minimum atomic E-state index is -1.58. The number of carbonyl (C=O) groups is 3. The third kappa shape index (κ3) is 3.16. The van der Waals surface area contributed by atoms with Gasteiger partial charge in [0.15, 0.2) is 17.3 Å². The van der Waals surface area contributed by atoms with E-state index in [1.807, 2.05) is 53.5 Å². The quantitative estimate of drug-likeness (QED) is 0.234. The molecule has 0 bridgehead atoms. The second-order valence-corrected chi connectivity index (χ2v) is 10.4. The number of nitrogens with zero attached hydrogens (tertiary/aromatic N) is 1. The molecule has 0 saturated carbocycles. The minimum Gasteiger partial charge on any atom is -0.497 e. The van der Waals surface area contributed by atoms with Crippen LogP contribution in [-0.4, -0.2) is 36.5 Å². The van der Waals surface area contributed by atoms with E-state index < -0.39 is 29.2 Å². The Morgan fingerprint density at radius 1 is 0.825 bits per heavy atom. The van der Waals surface area contributed by atoms with Gasteiger partial charge in [-0.05, 0) is 53.6 Å². The van der Waals surface area contributed by atoms with E-state index in [9.17, 15) is 18.8 Å². The molecule has 0 radical (unpaired) electrons. The lowest BCUT2D eigenvalue weighted by molar-refractivity contribution is 0.0666. The van der Waals surface area contributed by atoms with Gasteiger partial charge in [-0.25, -0.2) is 4.39 Å². The second-order valence-electron chi connectivity index (χ2n) is 10.4. The van der Waals surface area contributed by atoms with E-state index in [2.05, 4.69) is 0 Å². The molecular formula is C34H24FNO4. The first-order valence-electron chi connectivity index (χ1n) is 13.1. The maximum absolute atomic E-state index is 14.6. The van der Waals surface area contributed by atoms with Gasteiger partial charge < -0.3 is 9.64 Å². The zero-order chi connectivity index (χ0) is 27.6. The van der Waals surface area contributed by atoms with Crippen LogP contribution in [0.5, 0.6) is 5.75 Å². The number of anilines is 1. The van der Waals surface area contributed by atoms with Gasteiger partial charge in [0.05, 0.1) is 13.2 Å². The summed E-state index contributed by atoms with van der Waals surface area (Å²) in [5.41, 5.74) is 1.79. The number of para-hydroxylation sites is 1. The van der Waals surface area contributed by atoms with Crippen molar-refractivity contribution < 1.29 is 23.5 Å². The Balaban J connectivity index is 1.53. The van der Waals surface area contributed by atoms with Crippen LogP contribution >= 0.6 is 0 Å². The number of hydrogen-bond acceptors (Lipinski definition) is 5. The van der Waals surface area contributed by atoms with Crippen LogP contribution in [0, 0.1) is 11.2 Å². The molecule has 3 aliphatic rings. The molecule has 7 rings (SSSR count). The van der Waals surface area contributed by atoms with Crippen LogP contribution in [0.25, 0.3) is 6.08 Å². The van der Waals surface area contributed by atoms with Crippen LogP contribution in [0.15, 0.2) is 103 Å². The Morgan fingerprint density at radius 2 is 1.45 bits per heavy atom. The maximum atomic E-state index is 14.6. The topological polar surface area (TPSA) is 63.7 Å². The van der Waals surface area contributed by atoms with Crippen molar-refractivity contribution >= 4 is 29.1 Å². The fourth-order valence-corrected chi connectivity index (χ4v) is 6.89. The minimum absolute atomic E-state index is 0.288. The molecule has 1 spiro atoms. The van der Waals surface area contributed by atoms with Gasteiger partial charge in [0.1, 0.15) is 23.0 Å². The van der Waals surface area contributed by atoms with Gasteiger partial charge in [-0.2, -0.15) is 0 Å². The van der Waals surface area contributed by atoms with Crippen molar-refractivity contribution in [3.63, 3.8) is 0 Å². The summed E-state index contributed by atoms with van der Waals surface area (Å²) >= 11 is 0. The van der Waals surface area contributed by atoms with Crippen molar-refractivity contribution in [2.24, 2.45) is 5.41 Å². The zero-order valence-corrected chi connectivity index (χ0v) is 21.6. The van der Waals surface area contributed by atoms with E-state index in [0.29, 0.717) is 28.0 Å². The van der Waals surface area contributed by atoms with Gasteiger partial charge in [-0.15, -0.1) is 0 Å². The Kier molecular flexibility index (Phi) is 5.36. The largest absolute Gasteiger partial charge is 0.497 e. The van der Waals surface area contributed by atoms with Gasteiger partial charge in [0.25, 0.3) is 0 Å². The van der Waals surface area contributed by atoms with E-state index in [1.54, 1.807) is 43.5 Å². The van der Waals surface area contributed by atoms with Crippen molar-refractivity contribution in [1.29, 1.82) is 0 Å². The van der Waals surface area contributed by atoms with Crippen LogP contribution in [0.2, 0.25) is 0 Å². The summed E-state index contributed by atoms with van der Waals surface area (Å²) in [5, 5.41) is 0. The number of Topliss-reactive ketones (excluding diaryl/α,β-unsaturated/α-hetero) is 3. The summed E-state index contributed by atoms with van der Waals surface area (Å²) in [5.74, 6) is -1.53. The highest BCUT2D eigenvalue weighted by Gasteiger charge is 2.71. The summed E-state index contributed by atoms with van der Waals surface area (Å²) < 4.78 is 19.2. The number of hydrogen-bond donors (Lipinski definition) is 0. The molecular weight excluding hydrogens is 505 g/mol. The average Bonchev–Trinajstić information content (AvgIpc) is 3.43. The molecule has 1 saturated heterocycles. The molecule has 2 heterocycles. The van der Waals surface area contributed by atoms with Gasteiger partial charge in [-0.3, -0.25) is 14.4 Å².